The van der Waals surface area contributed by atoms with Crippen molar-refractivity contribution >= 4 is 11.3 Å². The molecule has 1 atom stereocenters. The Morgan fingerprint density at radius 3 is 2.68 bits per heavy atom. The maximum Gasteiger partial charge on any atom is 0.191 e. The first kappa shape index (κ1) is 12.0. The number of nitrogens with zero attached hydrogens (tertiary/aromatic N) is 2. The van der Waals surface area contributed by atoms with Gasteiger partial charge in [0.15, 0.2) is 5.82 Å². The van der Waals surface area contributed by atoms with Crippen molar-refractivity contribution < 1.29 is 4.39 Å². The zero-order valence-electron chi connectivity index (χ0n) is 9.88. The Morgan fingerprint density at radius 1 is 1.21 bits per heavy atom. The molecule has 0 spiro atoms. The first-order valence-electron chi connectivity index (χ1n) is 5.71. The van der Waals surface area contributed by atoms with Crippen LogP contribution in [0.3, 0.4) is 0 Å². The number of nitrogens with two attached hydrogens (primary N) is 1. The number of benzene rings is 1. The van der Waals surface area contributed by atoms with E-state index in [1.54, 1.807) is 23.5 Å². The van der Waals surface area contributed by atoms with Crippen LogP contribution in [0.4, 0.5) is 4.39 Å². The number of rotatable bonds is 3. The number of aromatic nitrogens is 3. The molecule has 0 unspecified atom stereocenters. The van der Waals surface area contributed by atoms with Crippen LogP contribution in [-0.4, -0.2) is 15.2 Å². The van der Waals surface area contributed by atoms with E-state index in [1.165, 1.54) is 12.1 Å². The molecule has 19 heavy (non-hydrogen) atoms. The lowest BCUT2D eigenvalue weighted by molar-refractivity contribution is 0.626. The predicted molar refractivity (Wildman–Crippen MR) is 72.1 cm³/mol. The smallest absolute Gasteiger partial charge is 0.191 e. The van der Waals surface area contributed by atoms with Crippen LogP contribution in [0.25, 0.3) is 10.7 Å². The molecular weight excluding hydrogens is 263 g/mol. The quantitative estimate of drug-likeness (QED) is 0.771. The van der Waals surface area contributed by atoms with E-state index in [9.17, 15) is 4.39 Å². The fourth-order valence-electron chi connectivity index (χ4n) is 1.76. The van der Waals surface area contributed by atoms with E-state index in [-0.39, 0.29) is 5.82 Å². The summed E-state index contributed by atoms with van der Waals surface area (Å²) in [6.45, 7) is 0. The summed E-state index contributed by atoms with van der Waals surface area (Å²) in [5, 5.41) is 8.94. The normalized spacial score (nSPS) is 12.5. The van der Waals surface area contributed by atoms with Gasteiger partial charge in [-0.1, -0.05) is 18.2 Å². The molecule has 0 aliphatic heterocycles. The molecule has 2 heterocycles. The zero-order valence-corrected chi connectivity index (χ0v) is 10.7. The van der Waals surface area contributed by atoms with Gasteiger partial charge in [0.2, 0.25) is 0 Å². The zero-order chi connectivity index (χ0) is 13.2. The molecule has 3 rings (SSSR count). The number of nitrogens with one attached hydrogen (secondary N) is 1. The third-order valence-corrected chi connectivity index (χ3v) is 3.63. The Morgan fingerprint density at radius 2 is 2.00 bits per heavy atom. The average Bonchev–Trinajstić information content (AvgIpc) is 3.10. The van der Waals surface area contributed by atoms with Gasteiger partial charge in [0.05, 0.1) is 10.9 Å². The lowest BCUT2D eigenvalue weighted by Gasteiger charge is -2.07. The van der Waals surface area contributed by atoms with Gasteiger partial charge in [0.1, 0.15) is 11.6 Å². The van der Waals surface area contributed by atoms with Gasteiger partial charge in [-0.3, -0.25) is 5.10 Å². The lowest BCUT2D eigenvalue weighted by atomic mass is 10.1. The maximum atomic E-state index is 12.9. The highest BCUT2D eigenvalue weighted by Gasteiger charge is 2.15. The summed E-state index contributed by atoms with van der Waals surface area (Å²) < 4.78 is 12.9. The van der Waals surface area contributed by atoms with Gasteiger partial charge in [-0.2, -0.15) is 5.10 Å². The molecule has 0 amide bonds. The highest BCUT2D eigenvalue weighted by Crippen LogP contribution is 2.23. The minimum Gasteiger partial charge on any atom is -0.318 e. The van der Waals surface area contributed by atoms with Crippen molar-refractivity contribution in [2.45, 2.75) is 6.04 Å². The third kappa shape index (κ3) is 2.40. The van der Waals surface area contributed by atoms with Crippen LogP contribution in [0.15, 0.2) is 41.8 Å². The molecule has 3 aromatic rings. The van der Waals surface area contributed by atoms with Gasteiger partial charge < -0.3 is 5.73 Å². The minimum absolute atomic E-state index is 0.284. The molecule has 3 N–H and O–H groups in total. The van der Waals surface area contributed by atoms with Gasteiger partial charge in [-0.25, -0.2) is 9.37 Å². The lowest BCUT2D eigenvalue weighted by Crippen LogP contribution is -2.13. The number of thiophene rings is 1. The van der Waals surface area contributed by atoms with Gasteiger partial charge in [-0.15, -0.1) is 11.3 Å². The Balaban J connectivity index is 1.88. The number of hydrogen-bond donors (Lipinski definition) is 2. The summed E-state index contributed by atoms with van der Waals surface area (Å²) in [5.74, 6) is 0.908. The van der Waals surface area contributed by atoms with E-state index in [0.717, 1.165) is 10.4 Å². The van der Waals surface area contributed by atoms with Crippen LogP contribution in [0, 0.1) is 5.82 Å². The van der Waals surface area contributed by atoms with E-state index in [0.29, 0.717) is 11.6 Å². The Labute approximate surface area is 113 Å². The van der Waals surface area contributed by atoms with Crippen molar-refractivity contribution in [3.8, 4) is 10.7 Å². The standard InChI is InChI=1S/C13H11FN4S/c14-9-5-3-8(4-6-9)11(15)13-16-12(17-18-13)10-2-1-7-19-10/h1-7,11H,15H2,(H,16,17,18)/t11-/m1/s1. The van der Waals surface area contributed by atoms with Crippen molar-refractivity contribution in [2.24, 2.45) is 5.73 Å². The number of hydrogen-bond acceptors (Lipinski definition) is 4. The average molecular weight is 274 g/mol. The van der Waals surface area contributed by atoms with E-state index in [1.807, 2.05) is 17.5 Å². The first-order valence-corrected chi connectivity index (χ1v) is 6.59. The van der Waals surface area contributed by atoms with E-state index in [2.05, 4.69) is 15.2 Å². The van der Waals surface area contributed by atoms with Crippen LogP contribution in [-0.2, 0) is 0 Å². The van der Waals surface area contributed by atoms with Crippen molar-refractivity contribution in [3.63, 3.8) is 0 Å². The molecule has 0 saturated heterocycles. The molecule has 0 aliphatic rings. The van der Waals surface area contributed by atoms with Crippen molar-refractivity contribution in [1.29, 1.82) is 0 Å². The predicted octanol–water partition coefficient (Wildman–Crippen LogP) is 2.72. The fourth-order valence-corrected chi connectivity index (χ4v) is 2.41. The number of H-pyrrole nitrogens is 1. The first-order chi connectivity index (χ1) is 9.24. The van der Waals surface area contributed by atoms with Gasteiger partial charge in [0, 0.05) is 0 Å². The largest absolute Gasteiger partial charge is 0.318 e. The van der Waals surface area contributed by atoms with Crippen LogP contribution in [0.1, 0.15) is 17.4 Å². The highest BCUT2D eigenvalue weighted by atomic mass is 32.1. The number of aromatic amines is 1. The van der Waals surface area contributed by atoms with Crippen molar-refractivity contribution in [1.82, 2.24) is 15.2 Å². The van der Waals surface area contributed by atoms with E-state index in [4.69, 9.17) is 5.73 Å². The summed E-state index contributed by atoms with van der Waals surface area (Å²) in [4.78, 5) is 5.36. The molecule has 6 heteroatoms. The molecular formula is C13H11FN4S. The second kappa shape index (κ2) is 4.91. The monoisotopic (exact) mass is 274 g/mol. The third-order valence-electron chi connectivity index (χ3n) is 2.77. The SMILES string of the molecule is N[C@H](c1ccc(F)cc1)c1nc(-c2cccs2)n[nH]1. The van der Waals surface area contributed by atoms with Gasteiger partial charge >= 0.3 is 0 Å². The van der Waals surface area contributed by atoms with Crippen LogP contribution in [0.2, 0.25) is 0 Å². The highest BCUT2D eigenvalue weighted by molar-refractivity contribution is 7.13. The molecule has 4 nitrogen and oxygen atoms in total. The van der Waals surface area contributed by atoms with Gasteiger partial charge in [0.25, 0.3) is 0 Å². The second-order valence-electron chi connectivity index (χ2n) is 4.05. The van der Waals surface area contributed by atoms with E-state index < -0.39 is 6.04 Å². The fraction of sp³-hybridized carbons (Fsp3) is 0.0769. The molecule has 1 aromatic carbocycles. The summed E-state index contributed by atoms with van der Waals surface area (Å²) in [6.07, 6.45) is 0. The molecule has 0 radical (unpaired) electrons. The van der Waals surface area contributed by atoms with Crippen molar-refractivity contribution in [2.75, 3.05) is 0 Å². The molecule has 0 bridgehead atoms. The van der Waals surface area contributed by atoms with Crippen LogP contribution < -0.4 is 5.73 Å². The summed E-state index contributed by atoms with van der Waals surface area (Å²) in [6, 6.07) is 9.50. The molecule has 0 aliphatic carbocycles. The minimum atomic E-state index is -0.443. The molecule has 96 valence electrons. The summed E-state index contributed by atoms with van der Waals surface area (Å²) in [7, 11) is 0. The Hall–Kier alpha value is -2.05. The summed E-state index contributed by atoms with van der Waals surface area (Å²) in [5.41, 5.74) is 6.87. The van der Waals surface area contributed by atoms with Crippen LogP contribution in [0.5, 0.6) is 0 Å². The van der Waals surface area contributed by atoms with E-state index >= 15 is 0 Å². The molecule has 0 fully saturated rings. The molecule has 0 saturated carbocycles. The second-order valence-corrected chi connectivity index (χ2v) is 5.00. The Bertz CT molecular complexity index is 660. The van der Waals surface area contributed by atoms with Gasteiger partial charge in [-0.05, 0) is 29.1 Å². The maximum absolute atomic E-state index is 12.9. The Kier molecular flexibility index (Phi) is 3.10. The topological polar surface area (TPSA) is 67.6 Å². The summed E-state index contributed by atoms with van der Waals surface area (Å²) >= 11 is 1.56. The number of halogens is 1. The molecule has 2 aromatic heterocycles. The van der Waals surface area contributed by atoms with Crippen LogP contribution >= 0.6 is 11.3 Å². The van der Waals surface area contributed by atoms with Crippen molar-refractivity contribution in [3.05, 3.63) is 59.0 Å².